The van der Waals surface area contributed by atoms with Crippen LogP contribution in [0.1, 0.15) is 5.69 Å². The first-order valence-electron chi connectivity index (χ1n) is 4.09. The Kier molecular flexibility index (Phi) is 2.95. The summed E-state index contributed by atoms with van der Waals surface area (Å²) < 4.78 is 2.06. The Hall–Kier alpha value is -0.320. The van der Waals surface area contributed by atoms with Gasteiger partial charge in [-0.2, -0.15) is 0 Å². The van der Waals surface area contributed by atoms with E-state index in [1.165, 1.54) is 0 Å². The van der Waals surface area contributed by atoms with E-state index in [-0.39, 0.29) is 0 Å². The average molecular weight is 286 g/mol. The molecule has 0 radical (unpaired) electrons. The van der Waals surface area contributed by atoms with Gasteiger partial charge in [0.2, 0.25) is 0 Å². The summed E-state index contributed by atoms with van der Waals surface area (Å²) in [6, 6.07) is 8.13. The third kappa shape index (κ3) is 2.02. The monoisotopic (exact) mass is 285 g/mol. The van der Waals surface area contributed by atoms with E-state index in [1.54, 1.807) is 11.3 Å². The smallest absolute Gasteiger partial charge is 0.124 e. The van der Waals surface area contributed by atoms with Crippen molar-refractivity contribution >= 4 is 39.9 Å². The molecule has 0 unspecified atom stereocenters. The van der Waals surface area contributed by atoms with E-state index in [2.05, 4.69) is 45.7 Å². The molecule has 0 saturated heterocycles. The zero-order valence-electron chi connectivity index (χ0n) is 7.49. The summed E-state index contributed by atoms with van der Waals surface area (Å²) >= 11 is 9.39. The Labute approximate surface area is 101 Å². The number of halogens is 1. The van der Waals surface area contributed by atoms with Crippen molar-refractivity contribution in [3.63, 3.8) is 0 Å². The quantitative estimate of drug-likeness (QED) is 0.776. The number of benzene rings is 1. The van der Waals surface area contributed by atoms with Crippen LogP contribution in [-0.2, 0) is 0 Å². The summed E-state index contributed by atoms with van der Waals surface area (Å²) in [5, 5.41) is 1.02. The molecule has 0 atom stereocenters. The minimum atomic E-state index is 0.986. The Morgan fingerprint density at radius 3 is 2.79 bits per heavy atom. The molecule has 0 fully saturated rings. The van der Waals surface area contributed by atoms with Gasteiger partial charge in [-0.25, -0.2) is 4.98 Å². The lowest BCUT2D eigenvalue weighted by molar-refractivity contribution is 1.21. The first-order valence-corrected chi connectivity index (χ1v) is 6.15. The van der Waals surface area contributed by atoms with E-state index in [0.29, 0.717) is 0 Å². The van der Waals surface area contributed by atoms with Gasteiger partial charge in [0.05, 0.1) is 9.90 Å². The van der Waals surface area contributed by atoms with E-state index in [0.717, 1.165) is 24.9 Å². The number of hydrogen-bond donors (Lipinski definition) is 1. The van der Waals surface area contributed by atoms with Gasteiger partial charge in [0.25, 0.3) is 0 Å². The van der Waals surface area contributed by atoms with E-state index in [9.17, 15) is 0 Å². The number of hydrogen-bond acceptors (Lipinski definition) is 3. The van der Waals surface area contributed by atoms with Crippen molar-refractivity contribution in [1.29, 1.82) is 0 Å². The average Bonchev–Trinajstić information content (AvgIpc) is 2.47. The molecule has 0 aliphatic rings. The van der Waals surface area contributed by atoms with Crippen LogP contribution in [0.15, 0.2) is 32.9 Å². The molecule has 72 valence electrons. The summed E-state index contributed by atoms with van der Waals surface area (Å²) in [7, 11) is 0. The molecule has 0 spiro atoms. The maximum absolute atomic E-state index is 4.44. The molecule has 0 saturated carbocycles. The van der Waals surface area contributed by atoms with Gasteiger partial charge in [-0.15, -0.1) is 24.0 Å². The first-order chi connectivity index (χ1) is 6.66. The third-order valence-corrected chi connectivity index (χ3v) is 3.94. The molecule has 2 aromatic rings. The van der Waals surface area contributed by atoms with Gasteiger partial charge in [-0.3, -0.25) is 0 Å². The second-order valence-corrected chi connectivity index (χ2v) is 5.58. The minimum Gasteiger partial charge on any atom is -0.240 e. The van der Waals surface area contributed by atoms with Crippen LogP contribution in [0, 0.1) is 6.92 Å². The molecule has 1 heterocycles. The molecule has 0 amide bonds. The lowest BCUT2D eigenvalue weighted by Crippen LogP contribution is -1.76. The Morgan fingerprint density at radius 1 is 1.43 bits per heavy atom. The number of thiol groups is 1. The second-order valence-electron chi connectivity index (χ2n) is 2.92. The molecule has 0 aliphatic carbocycles. The number of nitrogens with zero attached hydrogens (tertiary/aromatic N) is 1. The topological polar surface area (TPSA) is 12.9 Å². The molecule has 2 rings (SSSR count). The zero-order valence-corrected chi connectivity index (χ0v) is 10.8. The number of thiazole rings is 1. The molecule has 1 aromatic carbocycles. The summed E-state index contributed by atoms with van der Waals surface area (Å²) in [6.45, 7) is 1.97. The molecule has 4 heteroatoms. The summed E-state index contributed by atoms with van der Waals surface area (Å²) in [6.07, 6.45) is 0. The first kappa shape index (κ1) is 10.2. The van der Waals surface area contributed by atoms with E-state index < -0.39 is 0 Å². The van der Waals surface area contributed by atoms with Crippen LogP contribution >= 0.6 is 39.9 Å². The molecule has 0 bridgehead atoms. The van der Waals surface area contributed by atoms with Crippen molar-refractivity contribution in [3.05, 3.63) is 34.4 Å². The van der Waals surface area contributed by atoms with Crippen LogP contribution in [0.3, 0.4) is 0 Å². The number of aryl methyl sites for hydroxylation is 1. The fourth-order valence-corrected chi connectivity index (χ4v) is 2.65. The largest absolute Gasteiger partial charge is 0.240 e. The molecule has 1 aromatic heterocycles. The van der Waals surface area contributed by atoms with Crippen molar-refractivity contribution in [2.75, 3.05) is 0 Å². The van der Waals surface area contributed by atoms with Crippen LogP contribution in [-0.4, -0.2) is 4.98 Å². The van der Waals surface area contributed by atoms with Gasteiger partial charge in [0.15, 0.2) is 0 Å². The normalized spacial score (nSPS) is 10.5. The van der Waals surface area contributed by atoms with Gasteiger partial charge in [-0.1, -0.05) is 28.1 Å². The molecular formula is C10H8BrNS2. The highest BCUT2D eigenvalue weighted by Crippen LogP contribution is 2.31. The molecule has 0 aliphatic heterocycles. The van der Waals surface area contributed by atoms with Gasteiger partial charge < -0.3 is 0 Å². The summed E-state index contributed by atoms with van der Waals surface area (Å²) in [4.78, 5) is 4.44. The lowest BCUT2D eigenvalue weighted by atomic mass is 10.2. The van der Waals surface area contributed by atoms with Crippen molar-refractivity contribution in [2.24, 2.45) is 0 Å². The van der Waals surface area contributed by atoms with Crippen molar-refractivity contribution in [1.82, 2.24) is 4.98 Å². The highest BCUT2D eigenvalue weighted by Gasteiger charge is 2.06. The minimum absolute atomic E-state index is 0.986. The Morgan fingerprint density at radius 2 is 2.21 bits per heavy atom. The number of aromatic nitrogens is 1. The van der Waals surface area contributed by atoms with Gasteiger partial charge in [-0.05, 0) is 19.1 Å². The van der Waals surface area contributed by atoms with Crippen LogP contribution < -0.4 is 0 Å². The summed E-state index contributed by atoms with van der Waals surface area (Å²) in [5.41, 5.74) is 2.13. The molecule has 0 N–H and O–H groups in total. The van der Waals surface area contributed by atoms with E-state index in [1.807, 2.05) is 19.1 Å². The van der Waals surface area contributed by atoms with Crippen molar-refractivity contribution in [2.45, 2.75) is 11.1 Å². The second kappa shape index (κ2) is 4.04. The lowest BCUT2D eigenvalue weighted by Gasteiger charge is -1.95. The highest BCUT2D eigenvalue weighted by molar-refractivity contribution is 9.10. The van der Waals surface area contributed by atoms with Crippen LogP contribution in [0.2, 0.25) is 0 Å². The summed E-state index contributed by atoms with van der Waals surface area (Å²) in [5.74, 6) is 0. The Bertz CT molecular complexity index is 445. The number of rotatable bonds is 1. The van der Waals surface area contributed by atoms with Gasteiger partial charge in [0, 0.05) is 10.0 Å². The van der Waals surface area contributed by atoms with Crippen molar-refractivity contribution in [3.8, 4) is 10.6 Å². The van der Waals surface area contributed by atoms with E-state index >= 15 is 0 Å². The SMILES string of the molecule is Cc1nc(-c2cccc(Br)c2)sc1S. The van der Waals surface area contributed by atoms with E-state index in [4.69, 9.17) is 0 Å². The standard InChI is InChI=1S/C10H8BrNS2/c1-6-10(13)14-9(12-6)7-3-2-4-8(11)5-7/h2-5,13H,1H3. The maximum atomic E-state index is 4.44. The molecule has 14 heavy (non-hydrogen) atoms. The fourth-order valence-electron chi connectivity index (χ4n) is 1.13. The van der Waals surface area contributed by atoms with Crippen LogP contribution in [0.5, 0.6) is 0 Å². The third-order valence-electron chi connectivity index (χ3n) is 1.84. The molecular weight excluding hydrogens is 278 g/mol. The van der Waals surface area contributed by atoms with Gasteiger partial charge >= 0.3 is 0 Å². The predicted octanol–water partition coefficient (Wildman–Crippen LogP) is 4.17. The van der Waals surface area contributed by atoms with Crippen LogP contribution in [0.25, 0.3) is 10.6 Å². The molecule has 1 nitrogen and oxygen atoms in total. The van der Waals surface area contributed by atoms with Crippen LogP contribution in [0.4, 0.5) is 0 Å². The highest BCUT2D eigenvalue weighted by atomic mass is 79.9. The Balaban J connectivity index is 2.49. The van der Waals surface area contributed by atoms with Gasteiger partial charge in [0.1, 0.15) is 5.01 Å². The predicted molar refractivity (Wildman–Crippen MR) is 67.2 cm³/mol. The van der Waals surface area contributed by atoms with Crippen molar-refractivity contribution < 1.29 is 0 Å². The fraction of sp³-hybridized carbons (Fsp3) is 0.100. The maximum Gasteiger partial charge on any atom is 0.124 e. The zero-order chi connectivity index (χ0) is 10.1.